The smallest absolute Gasteiger partial charge is 0.137 e. The molecule has 0 unspecified atom stereocenters. The van der Waals surface area contributed by atoms with Gasteiger partial charge in [0.05, 0.1) is 7.11 Å². The highest BCUT2D eigenvalue weighted by Gasteiger charge is 2.12. The summed E-state index contributed by atoms with van der Waals surface area (Å²) in [7, 11) is 1.73. The van der Waals surface area contributed by atoms with E-state index in [1.165, 1.54) is 27.5 Å². The highest BCUT2D eigenvalue weighted by molar-refractivity contribution is 7.08. The van der Waals surface area contributed by atoms with Crippen LogP contribution in [0.1, 0.15) is 5.56 Å². The molecule has 0 aliphatic rings. The maximum absolute atomic E-state index is 5.45. The van der Waals surface area contributed by atoms with E-state index in [1.54, 1.807) is 18.4 Å². The monoisotopic (exact) mass is 254 g/mol. The molecule has 90 valence electrons. The van der Waals surface area contributed by atoms with Crippen LogP contribution in [-0.4, -0.2) is 7.11 Å². The molecule has 1 aromatic heterocycles. The molecule has 2 aromatic carbocycles. The van der Waals surface area contributed by atoms with Crippen molar-refractivity contribution in [3.63, 3.8) is 0 Å². The minimum absolute atomic E-state index is 0.958. The lowest BCUT2D eigenvalue weighted by molar-refractivity contribution is 0.418. The molecule has 0 amide bonds. The van der Waals surface area contributed by atoms with Crippen molar-refractivity contribution in [2.75, 3.05) is 7.11 Å². The fourth-order valence-corrected chi connectivity index (χ4v) is 3.15. The number of hydrogen-bond donors (Lipinski definition) is 0. The second-order valence-electron chi connectivity index (χ2n) is 4.33. The molecule has 0 radical (unpaired) electrons. The van der Waals surface area contributed by atoms with Gasteiger partial charge in [-0.25, -0.2) is 0 Å². The van der Waals surface area contributed by atoms with Crippen molar-refractivity contribution in [2.45, 2.75) is 6.92 Å². The highest BCUT2D eigenvalue weighted by atomic mass is 32.1. The SMILES string of the molecule is COc1cscc1-c1c(C)ccc2ccccc12. The first kappa shape index (κ1) is 11.3. The first-order valence-electron chi connectivity index (χ1n) is 5.90. The van der Waals surface area contributed by atoms with Crippen molar-refractivity contribution >= 4 is 22.1 Å². The minimum Gasteiger partial charge on any atom is -0.495 e. The van der Waals surface area contributed by atoms with Gasteiger partial charge < -0.3 is 4.74 Å². The molecule has 2 heteroatoms. The molecule has 0 atom stereocenters. The molecule has 0 saturated carbocycles. The fraction of sp³-hybridized carbons (Fsp3) is 0.125. The molecule has 18 heavy (non-hydrogen) atoms. The van der Waals surface area contributed by atoms with E-state index in [1.807, 2.05) is 0 Å². The molecule has 0 fully saturated rings. The Balaban J connectivity index is 2.37. The summed E-state index contributed by atoms with van der Waals surface area (Å²) >= 11 is 1.68. The number of thiophene rings is 1. The summed E-state index contributed by atoms with van der Waals surface area (Å²) in [6.07, 6.45) is 0. The lowest BCUT2D eigenvalue weighted by atomic mass is 9.95. The lowest BCUT2D eigenvalue weighted by Gasteiger charge is -2.11. The van der Waals surface area contributed by atoms with E-state index in [4.69, 9.17) is 4.74 Å². The topological polar surface area (TPSA) is 9.23 Å². The van der Waals surface area contributed by atoms with Crippen molar-refractivity contribution in [1.29, 1.82) is 0 Å². The molecular formula is C16H14OS. The Kier molecular flexibility index (Phi) is 2.80. The van der Waals surface area contributed by atoms with Gasteiger partial charge in [-0.3, -0.25) is 0 Å². The van der Waals surface area contributed by atoms with Crippen LogP contribution in [0.2, 0.25) is 0 Å². The molecule has 0 spiro atoms. The zero-order valence-corrected chi connectivity index (χ0v) is 11.3. The Morgan fingerprint density at radius 3 is 2.67 bits per heavy atom. The minimum atomic E-state index is 0.958. The van der Waals surface area contributed by atoms with Gasteiger partial charge in [0.25, 0.3) is 0 Å². The van der Waals surface area contributed by atoms with Crippen LogP contribution >= 0.6 is 11.3 Å². The summed E-state index contributed by atoms with van der Waals surface area (Å²) in [4.78, 5) is 0. The first-order valence-corrected chi connectivity index (χ1v) is 6.84. The van der Waals surface area contributed by atoms with E-state index in [-0.39, 0.29) is 0 Å². The number of rotatable bonds is 2. The van der Waals surface area contributed by atoms with E-state index in [2.05, 4.69) is 54.1 Å². The lowest BCUT2D eigenvalue weighted by Crippen LogP contribution is -1.88. The van der Waals surface area contributed by atoms with E-state index < -0.39 is 0 Å². The molecule has 0 saturated heterocycles. The van der Waals surface area contributed by atoms with E-state index >= 15 is 0 Å². The maximum atomic E-state index is 5.45. The van der Waals surface area contributed by atoms with E-state index in [0.717, 1.165) is 5.75 Å². The molecule has 3 rings (SSSR count). The fourth-order valence-electron chi connectivity index (χ4n) is 2.36. The Morgan fingerprint density at radius 2 is 1.83 bits per heavy atom. The summed E-state index contributed by atoms with van der Waals surface area (Å²) in [6.45, 7) is 2.15. The molecule has 0 bridgehead atoms. The summed E-state index contributed by atoms with van der Waals surface area (Å²) < 4.78 is 5.45. The number of fused-ring (bicyclic) bond motifs is 1. The Labute approximate surface area is 111 Å². The number of hydrogen-bond acceptors (Lipinski definition) is 2. The molecule has 1 heterocycles. The number of methoxy groups -OCH3 is 1. The second kappa shape index (κ2) is 4.46. The van der Waals surface area contributed by atoms with E-state index in [9.17, 15) is 0 Å². The van der Waals surface area contributed by atoms with Gasteiger partial charge in [-0.15, -0.1) is 11.3 Å². The van der Waals surface area contributed by atoms with E-state index in [0.29, 0.717) is 0 Å². The van der Waals surface area contributed by atoms with Crippen LogP contribution in [0.5, 0.6) is 5.75 Å². The predicted molar refractivity (Wildman–Crippen MR) is 78.6 cm³/mol. The molecule has 0 N–H and O–H groups in total. The third-order valence-electron chi connectivity index (χ3n) is 3.25. The second-order valence-corrected chi connectivity index (χ2v) is 5.08. The van der Waals surface area contributed by atoms with Crippen LogP contribution in [0.3, 0.4) is 0 Å². The van der Waals surface area contributed by atoms with Gasteiger partial charge in [0.15, 0.2) is 0 Å². The molecule has 1 nitrogen and oxygen atoms in total. The van der Waals surface area contributed by atoms with Gasteiger partial charge >= 0.3 is 0 Å². The van der Waals surface area contributed by atoms with Gasteiger partial charge in [-0.1, -0.05) is 36.4 Å². The molecule has 0 aliphatic heterocycles. The largest absolute Gasteiger partial charge is 0.495 e. The van der Waals surface area contributed by atoms with Gasteiger partial charge in [0.2, 0.25) is 0 Å². The highest BCUT2D eigenvalue weighted by Crippen LogP contribution is 2.39. The first-order chi connectivity index (χ1) is 8.81. The average molecular weight is 254 g/mol. The van der Waals surface area contributed by atoms with Gasteiger partial charge in [-0.2, -0.15) is 0 Å². The van der Waals surface area contributed by atoms with Crippen molar-refractivity contribution < 1.29 is 4.74 Å². The van der Waals surface area contributed by atoms with Gasteiger partial charge in [0.1, 0.15) is 5.75 Å². The molecule has 0 aliphatic carbocycles. The molecule has 3 aromatic rings. The summed E-state index contributed by atoms with van der Waals surface area (Å²) in [5, 5.41) is 6.77. The third kappa shape index (κ3) is 1.70. The van der Waals surface area contributed by atoms with Crippen molar-refractivity contribution in [1.82, 2.24) is 0 Å². The average Bonchev–Trinajstić information content (AvgIpc) is 2.86. The van der Waals surface area contributed by atoms with Crippen LogP contribution < -0.4 is 4.74 Å². The number of aryl methyl sites for hydroxylation is 1. The zero-order valence-electron chi connectivity index (χ0n) is 10.4. The van der Waals surface area contributed by atoms with Crippen molar-refractivity contribution in [3.8, 4) is 16.9 Å². The van der Waals surface area contributed by atoms with Crippen LogP contribution in [0.4, 0.5) is 0 Å². The van der Waals surface area contributed by atoms with Crippen molar-refractivity contribution in [3.05, 3.63) is 52.7 Å². The number of ether oxygens (including phenoxy) is 1. The molecular weight excluding hydrogens is 240 g/mol. The normalized spacial score (nSPS) is 10.8. The standard InChI is InChI=1S/C16H14OS/c1-11-7-8-12-5-3-4-6-13(12)16(11)14-9-18-10-15(14)17-2/h3-10H,1-2H3. The van der Waals surface area contributed by atoms with Crippen LogP contribution in [-0.2, 0) is 0 Å². The van der Waals surface area contributed by atoms with Crippen LogP contribution in [0.15, 0.2) is 47.2 Å². The Hall–Kier alpha value is -1.80. The quantitative estimate of drug-likeness (QED) is 0.633. The maximum Gasteiger partial charge on any atom is 0.137 e. The summed E-state index contributed by atoms with van der Waals surface area (Å²) in [5.41, 5.74) is 3.76. The Bertz CT molecular complexity index is 697. The van der Waals surface area contributed by atoms with Crippen LogP contribution in [0.25, 0.3) is 21.9 Å². The zero-order chi connectivity index (χ0) is 12.5. The van der Waals surface area contributed by atoms with Crippen molar-refractivity contribution in [2.24, 2.45) is 0 Å². The van der Waals surface area contributed by atoms with Gasteiger partial charge in [0, 0.05) is 16.3 Å². The third-order valence-corrected chi connectivity index (χ3v) is 3.97. The summed E-state index contributed by atoms with van der Waals surface area (Å²) in [5.74, 6) is 0.958. The Morgan fingerprint density at radius 1 is 1.00 bits per heavy atom. The predicted octanol–water partition coefficient (Wildman–Crippen LogP) is 4.89. The van der Waals surface area contributed by atoms with Crippen LogP contribution in [0, 0.1) is 6.92 Å². The summed E-state index contributed by atoms with van der Waals surface area (Å²) in [6, 6.07) is 12.8. The van der Waals surface area contributed by atoms with Gasteiger partial charge in [-0.05, 0) is 28.8 Å². The number of benzene rings is 2.